The molecule has 0 radical (unpaired) electrons. The van der Waals surface area contributed by atoms with Gasteiger partial charge in [0.25, 0.3) is 5.56 Å². The normalized spacial score (nSPS) is 11.0. The molecule has 0 aliphatic rings. The molecule has 0 unspecified atom stereocenters. The lowest BCUT2D eigenvalue weighted by molar-refractivity contribution is 0.0697. The number of hydrogen-bond acceptors (Lipinski definition) is 5. The fraction of sp³-hybridized carbons (Fsp3) is 0.143. The Morgan fingerprint density at radius 3 is 2.74 bits per heavy atom. The lowest BCUT2D eigenvalue weighted by atomic mass is 10.2. The molecule has 0 atom stereocenters. The monoisotopic (exact) mass is 348 g/mol. The minimum absolute atomic E-state index is 0.000656. The second kappa shape index (κ2) is 5.67. The van der Waals surface area contributed by atoms with E-state index in [2.05, 4.69) is 9.97 Å². The van der Waals surface area contributed by atoms with Crippen molar-refractivity contribution in [1.82, 2.24) is 19.1 Å². The number of hydrogen-bond donors (Lipinski definition) is 2. The number of rotatable bonds is 3. The van der Waals surface area contributed by atoms with Gasteiger partial charge >= 0.3 is 5.97 Å². The number of aromatic carboxylic acids is 1. The molecule has 9 heteroatoms. The number of para-hydroxylation sites is 1. The van der Waals surface area contributed by atoms with Crippen LogP contribution < -0.4 is 5.56 Å². The van der Waals surface area contributed by atoms with Crippen LogP contribution in [0.1, 0.15) is 10.4 Å². The Morgan fingerprint density at radius 1 is 1.39 bits per heavy atom. The molecule has 0 bridgehead atoms. The van der Waals surface area contributed by atoms with Crippen LogP contribution in [0, 0.1) is 4.77 Å². The van der Waals surface area contributed by atoms with Gasteiger partial charge in [0.2, 0.25) is 0 Å². The number of H-pyrrole nitrogens is 1. The van der Waals surface area contributed by atoms with Gasteiger partial charge in [-0.1, -0.05) is 23.9 Å². The average Bonchev–Trinajstić information content (AvgIpc) is 2.83. The molecular formula is C14H12N4O3S2. The highest BCUT2D eigenvalue weighted by Gasteiger charge is 2.18. The predicted molar refractivity (Wildman–Crippen MR) is 90.2 cm³/mol. The molecular weight excluding hydrogens is 336 g/mol. The Hall–Kier alpha value is -2.39. The number of thioether (sulfide) groups is 1. The number of benzene rings is 1. The first kappa shape index (κ1) is 15.5. The van der Waals surface area contributed by atoms with Crippen LogP contribution in [0.25, 0.3) is 16.9 Å². The lowest BCUT2D eigenvalue weighted by Gasteiger charge is -2.09. The number of aromatic nitrogens is 4. The number of aryl methyl sites for hydroxylation is 1. The van der Waals surface area contributed by atoms with Gasteiger partial charge in [0.15, 0.2) is 21.1 Å². The number of nitrogens with zero attached hydrogens (tertiary/aromatic N) is 3. The van der Waals surface area contributed by atoms with Crippen molar-refractivity contribution >= 4 is 41.1 Å². The van der Waals surface area contributed by atoms with Crippen molar-refractivity contribution in [1.29, 1.82) is 0 Å². The quantitative estimate of drug-likeness (QED) is 0.557. The zero-order valence-electron chi connectivity index (χ0n) is 12.2. The van der Waals surface area contributed by atoms with E-state index >= 15 is 0 Å². The van der Waals surface area contributed by atoms with Gasteiger partial charge < -0.3 is 14.7 Å². The van der Waals surface area contributed by atoms with Gasteiger partial charge in [-0.15, -0.1) is 0 Å². The maximum Gasteiger partial charge on any atom is 0.337 e. The zero-order valence-corrected chi connectivity index (χ0v) is 13.9. The van der Waals surface area contributed by atoms with E-state index in [-0.39, 0.29) is 16.0 Å². The smallest absolute Gasteiger partial charge is 0.337 e. The second-order valence-electron chi connectivity index (χ2n) is 4.75. The number of aromatic amines is 1. The summed E-state index contributed by atoms with van der Waals surface area (Å²) in [5, 5.41) is 10.00. The van der Waals surface area contributed by atoms with Crippen LogP contribution in [-0.4, -0.2) is 36.4 Å². The Balaban J connectivity index is 2.45. The molecule has 1 aromatic carbocycles. The van der Waals surface area contributed by atoms with Crippen LogP contribution in [0.2, 0.25) is 0 Å². The number of imidazole rings is 1. The van der Waals surface area contributed by atoms with Gasteiger partial charge in [0.05, 0.1) is 11.3 Å². The Kier molecular flexibility index (Phi) is 3.82. The highest BCUT2D eigenvalue weighted by atomic mass is 32.2. The van der Waals surface area contributed by atoms with E-state index in [1.165, 1.54) is 22.4 Å². The molecule has 0 spiro atoms. The highest BCUT2D eigenvalue weighted by molar-refractivity contribution is 7.98. The molecule has 0 aliphatic heterocycles. The summed E-state index contributed by atoms with van der Waals surface area (Å²) in [5.74, 6) is -1.13. The zero-order chi connectivity index (χ0) is 16.7. The summed E-state index contributed by atoms with van der Waals surface area (Å²) in [7, 11) is 1.73. The number of fused-ring (bicyclic) bond motifs is 1. The van der Waals surface area contributed by atoms with Crippen LogP contribution in [0.3, 0.4) is 0 Å². The van der Waals surface area contributed by atoms with Crippen LogP contribution in [0.15, 0.2) is 34.2 Å². The fourth-order valence-corrected chi connectivity index (χ4v) is 3.24. The van der Waals surface area contributed by atoms with E-state index in [1.54, 1.807) is 29.8 Å². The Labute approximate surface area is 139 Å². The average molecular weight is 348 g/mol. The molecule has 0 fully saturated rings. The molecule has 23 heavy (non-hydrogen) atoms. The van der Waals surface area contributed by atoms with Gasteiger partial charge in [0.1, 0.15) is 0 Å². The van der Waals surface area contributed by atoms with Crippen molar-refractivity contribution in [3.63, 3.8) is 0 Å². The van der Waals surface area contributed by atoms with Crippen molar-refractivity contribution in [2.45, 2.75) is 5.16 Å². The predicted octanol–water partition coefficient (Wildman–Crippen LogP) is 2.20. The summed E-state index contributed by atoms with van der Waals surface area (Å²) < 4.78 is 2.95. The van der Waals surface area contributed by atoms with Gasteiger partial charge in [-0.2, -0.15) is 0 Å². The molecule has 0 amide bonds. The summed E-state index contributed by atoms with van der Waals surface area (Å²) >= 11 is 6.64. The van der Waals surface area contributed by atoms with Crippen molar-refractivity contribution in [3.8, 4) is 5.69 Å². The molecule has 0 aliphatic carbocycles. The van der Waals surface area contributed by atoms with E-state index in [9.17, 15) is 14.7 Å². The van der Waals surface area contributed by atoms with Crippen LogP contribution in [-0.2, 0) is 7.05 Å². The molecule has 2 aromatic heterocycles. The van der Waals surface area contributed by atoms with Crippen molar-refractivity contribution < 1.29 is 9.90 Å². The molecule has 7 nitrogen and oxygen atoms in total. The van der Waals surface area contributed by atoms with E-state index in [0.29, 0.717) is 16.3 Å². The minimum Gasteiger partial charge on any atom is -0.478 e. The van der Waals surface area contributed by atoms with Gasteiger partial charge in [-0.05, 0) is 30.6 Å². The van der Waals surface area contributed by atoms with E-state index in [1.807, 2.05) is 6.26 Å². The van der Waals surface area contributed by atoms with Crippen LogP contribution in [0.5, 0.6) is 0 Å². The first-order chi connectivity index (χ1) is 11.0. The molecule has 3 rings (SSSR count). The first-order valence-electron chi connectivity index (χ1n) is 6.54. The molecule has 0 saturated heterocycles. The second-order valence-corrected chi connectivity index (χ2v) is 5.91. The van der Waals surface area contributed by atoms with Crippen LogP contribution in [0.4, 0.5) is 0 Å². The number of carbonyl (C=O) groups is 1. The fourth-order valence-electron chi connectivity index (χ4n) is 2.42. The maximum atomic E-state index is 12.9. The van der Waals surface area contributed by atoms with E-state index in [4.69, 9.17) is 12.2 Å². The summed E-state index contributed by atoms with van der Waals surface area (Å²) in [6.45, 7) is 0. The van der Waals surface area contributed by atoms with Crippen LogP contribution >= 0.6 is 24.0 Å². The van der Waals surface area contributed by atoms with E-state index < -0.39 is 11.5 Å². The molecule has 2 heterocycles. The number of nitrogens with one attached hydrogen (secondary N) is 1. The topological polar surface area (TPSA) is 92.9 Å². The minimum atomic E-state index is -1.13. The molecule has 118 valence electrons. The van der Waals surface area contributed by atoms with E-state index in [0.717, 1.165) is 0 Å². The first-order valence-corrected chi connectivity index (χ1v) is 8.17. The van der Waals surface area contributed by atoms with Crippen molar-refractivity contribution in [3.05, 3.63) is 45.0 Å². The summed E-state index contributed by atoms with van der Waals surface area (Å²) in [5.41, 5.74) is 0.535. The SMILES string of the molecule is CSc1nc2[nH]c(=S)n(-c3ccccc3C(=O)O)c(=O)c2n1C. The molecule has 3 aromatic rings. The van der Waals surface area contributed by atoms with Gasteiger partial charge in [0, 0.05) is 7.05 Å². The third kappa shape index (κ3) is 2.37. The maximum absolute atomic E-state index is 12.9. The Morgan fingerprint density at radius 2 is 2.09 bits per heavy atom. The summed E-state index contributed by atoms with van der Waals surface area (Å²) in [6.07, 6.45) is 1.86. The number of carboxylic acids is 1. The molecule has 2 N–H and O–H groups in total. The third-order valence-electron chi connectivity index (χ3n) is 3.45. The highest BCUT2D eigenvalue weighted by Crippen LogP contribution is 2.19. The standard InChI is InChI=1S/C14H12N4O3S2/c1-17-9-10(16-14(17)23-2)15-13(22)18(11(9)19)8-6-4-3-5-7(8)12(20)21/h3-6H,1-2H3,(H,15,22)(H,20,21). The number of carboxylic acid groups (broad SMARTS) is 1. The third-order valence-corrected chi connectivity index (χ3v) is 4.46. The van der Waals surface area contributed by atoms with Crippen molar-refractivity contribution in [2.24, 2.45) is 7.05 Å². The largest absolute Gasteiger partial charge is 0.478 e. The Bertz CT molecular complexity index is 1050. The molecule has 0 saturated carbocycles. The van der Waals surface area contributed by atoms with Crippen molar-refractivity contribution in [2.75, 3.05) is 6.26 Å². The lowest BCUT2D eigenvalue weighted by Crippen LogP contribution is -2.23. The van der Waals surface area contributed by atoms with Gasteiger partial charge in [-0.25, -0.2) is 9.78 Å². The summed E-state index contributed by atoms with van der Waals surface area (Å²) in [6, 6.07) is 6.23. The summed E-state index contributed by atoms with van der Waals surface area (Å²) in [4.78, 5) is 31.5. The van der Waals surface area contributed by atoms with Gasteiger partial charge in [-0.3, -0.25) is 9.36 Å².